The third-order valence-corrected chi connectivity index (χ3v) is 3.55. The molecular formula is C17H17FO2. The van der Waals surface area contributed by atoms with Gasteiger partial charge < -0.3 is 5.11 Å². The minimum atomic E-state index is -0.845. The Labute approximate surface area is 117 Å². The van der Waals surface area contributed by atoms with E-state index in [4.69, 9.17) is 5.11 Å². The highest BCUT2D eigenvalue weighted by Crippen LogP contribution is 2.29. The van der Waals surface area contributed by atoms with E-state index < -0.39 is 5.97 Å². The Balaban J connectivity index is 2.42. The average molecular weight is 272 g/mol. The van der Waals surface area contributed by atoms with Gasteiger partial charge in [0.15, 0.2) is 0 Å². The Morgan fingerprint density at radius 1 is 1.15 bits per heavy atom. The Bertz CT molecular complexity index is 647. The van der Waals surface area contributed by atoms with Crippen molar-refractivity contribution in [3.8, 4) is 11.1 Å². The van der Waals surface area contributed by atoms with Gasteiger partial charge in [0.25, 0.3) is 0 Å². The maximum atomic E-state index is 14.0. The molecule has 2 aromatic rings. The number of carboxylic acid groups (broad SMARTS) is 1. The minimum Gasteiger partial charge on any atom is -0.481 e. The summed E-state index contributed by atoms with van der Waals surface area (Å²) in [5, 5.41) is 8.72. The minimum absolute atomic E-state index is 0.0534. The van der Waals surface area contributed by atoms with E-state index >= 15 is 0 Å². The van der Waals surface area contributed by atoms with Crippen LogP contribution in [-0.2, 0) is 11.2 Å². The van der Waals surface area contributed by atoms with Crippen LogP contribution in [0.25, 0.3) is 11.1 Å². The van der Waals surface area contributed by atoms with Crippen molar-refractivity contribution >= 4 is 5.97 Å². The molecule has 0 heterocycles. The highest BCUT2D eigenvalue weighted by molar-refractivity contribution is 5.70. The van der Waals surface area contributed by atoms with Crippen LogP contribution in [0.1, 0.15) is 23.1 Å². The molecule has 1 N–H and O–H groups in total. The maximum absolute atomic E-state index is 14.0. The number of hydrogen-bond donors (Lipinski definition) is 1. The SMILES string of the molecule is Cc1cccc(-c2cc(CCC(=O)O)ccc2F)c1C. The molecule has 0 aromatic heterocycles. The Hall–Kier alpha value is -2.16. The zero-order valence-corrected chi connectivity index (χ0v) is 11.6. The number of aryl methyl sites for hydroxylation is 2. The lowest BCUT2D eigenvalue weighted by Crippen LogP contribution is -1.98. The fraction of sp³-hybridized carbons (Fsp3) is 0.235. The quantitative estimate of drug-likeness (QED) is 0.908. The molecule has 0 fully saturated rings. The number of carbonyl (C=O) groups is 1. The predicted octanol–water partition coefficient (Wildman–Crippen LogP) is 4.13. The van der Waals surface area contributed by atoms with Crippen molar-refractivity contribution in [1.29, 1.82) is 0 Å². The summed E-state index contributed by atoms with van der Waals surface area (Å²) in [4.78, 5) is 10.6. The summed E-state index contributed by atoms with van der Waals surface area (Å²) < 4.78 is 14.0. The second kappa shape index (κ2) is 5.87. The lowest BCUT2D eigenvalue weighted by Gasteiger charge is -2.11. The van der Waals surface area contributed by atoms with E-state index in [9.17, 15) is 9.18 Å². The lowest BCUT2D eigenvalue weighted by molar-refractivity contribution is -0.136. The van der Waals surface area contributed by atoms with Crippen molar-refractivity contribution in [2.75, 3.05) is 0 Å². The van der Waals surface area contributed by atoms with Crippen molar-refractivity contribution in [3.63, 3.8) is 0 Å². The topological polar surface area (TPSA) is 37.3 Å². The van der Waals surface area contributed by atoms with Gasteiger partial charge in [-0.3, -0.25) is 4.79 Å². The molecular weight excluding hydrogens is 255 g/mol. The van der Waals surface area contributed by atoms with Crippen LogP contribution in [0, 0.1) is 19.7 Å². The van der Waals surface area contributed by atoms with Gasteiger partial charge in [-0.25, -0.2) is 4.39 Å². The van der Waals surface area contributed by atoms with E-state index in [0.717, 1.165) is 22.3 Å². The number of hydrogen-bond acceptors (Lipinski definition) is 1. The van der Waals surface area contributed by atoms with E-state index in [1.165, 1.54) is 6.07 Å². The molecule has 0 saturated carbocycles. The standard InChI is InChI=1S/C17H17FO2/c1-11-4-3-5-14(12(11)2)15-10-13(6-8-16(15)18)7-9-17(19)20/h3-6,8,10H,7,9H2,1-2H3,(H,19,20). The number of carboxylic acids is 1. The van der Waals surface area contributed by atoms with Crippen LogP contribution in [0.15, 0.2) is 36.4 Å². The Morgan fingerprint density at radius 3 is 2.60 bits per heavy atom. The largest absolute Gasteiger partial charge is 0.481 e. The van der Waals surface area contributed by atoms with Gasteiger partial charge in [0.2, 0.25) is 0 Å². The summed E-state index contributed by atoms with van der Waals surface area (Å²) in [5.41, 5.74) is 4.39. The molecule has 0 aliphatic carbocycles. The van der Waals surface area contributed by atoms with Crippen LogP contribution in [-0.4, -0.2) is 11.1 Å². The smallest absolute Gasteiger partial charge is 0.303 e. The van der Waals surface area contributed by atoms with Gasteiger partial charge in [0.1, 0.15) is 5.82 Å². The molecule has 2 aromatic carbocycles. The predicted molar refractivity (Wildman–Crippen MR) is 77.3 cm³/mol. The van der Waals surface area contributed by atoms with Gasteiger partial charge in [0, 0.05) is 12.0 Å². The number of benzene rings is 2. The van der Waals surface area contributed by atoms with E-state index in [-0.39, 0.29) is 12.2 Å². The summed E-state index contributed by atoms with van der Waals surface area (Å²) in [6.07, 6.45) is 0.464. The van der Waals surface area contributed by atoms with E-state index in [0.29, 0.717) is 12.0 Å². The van der Waals surface area contributed by atoms with Gasteiger partial charge in [-0.1, -0.05) is 24.3 Å². The van der Waals surface area contributed by atoms with E-state index in [2.05, 4.69) is 0 Å². The fourth-order valence-electron chi connectivity index (χ4n) is 2.23. The maximum Gasteiger partial charge on any atom is 0.303 e. The van der Waals surface area contributed by atoms with Gasteiger partial charge in [0.05, 0.1) is 0 Å². The first kappa shape index (κ1) is 14.3. The molecule has 2 nitrogen and oxygen atoms in total. The van der Waals surface area contributed by atoms with E-state index in [1.807, 2.05) is 32.0 Å². The molecule has 0 aliphatic rings. The Kier molecular flexibility index (Phi) is 4.18. The summed E-state index contributed by atoms with van der Waals surface area (Å²) in [6.45, 7) is 3.96. The molecule has 0 spiro atoms. The van der Waals surface area contributed by atoms with E-state index in [1.54, 1.807) is 12.1 Å². The number of aliphatic carboxylic acids is 1. The lowest BCUT2D eigenvalue weighted by atomic mass is 9.94. The molecule has 0 unspecified atom stereocenters. The third-order valence-electron chi connectivity index (χ3n) is 3.55. The molecule has 0 radical (unpaired) electrons. The first-order valence-electron chi connectivity index (χ1n) is 6.56. The zero-order valence-electron chi connectivity index (χ0n) is 11.6. The van der Waals surface area contributed by atoms with Crippen LogP contribution in [0.3, 0.4) is 0 Å². The molecule has 0 saturated heterocycles. The van der Waals surface area contributed by atoms with Crippen molar-refractivity contribution in [1.82, 2.24) is 0 Å². The van der Waals surface area contributed by atoms with Crippen molar-refractivity contribution in [3.05, 3.63) is 58.9 Å². The van der Waals surface area contributed by atoms with Crippen LogP contribution in [0.2, 0.25) is 0 Å². The molecule has 0 amide bonds. The summed E-state index contributed by atoms with van der Waals surface area (Å²) in [6, 6.07) is 10.6. The molecule has 3 heteroatoms. The normalized spacial score (nSPS) is 10.6. The summed E-state index contributed by atoms with van der Waals surface area (Å²) >= 11 is 0. The van der Waals surface area contributed by atoms with Crippen LogP contribution < -0.4 is 0 Å². The van der Waals surface area contributed by atoms with Crippen LogP contribution in [0.4, 0.5) is 4.39 Å². The molecule has 0 bridgehead atoms. The molecule has 2 rings (SSSR count). The third kappa shape index (κ3) is 3.05. The molecule has 20 heavy (non-hydrogen) atoms. The molecule has 104 valence electrons. The molecule has 0 atom stereocenters. The van der Waals surface area contributed by atoms with Gasteiger partial charge in [-0.05, 0) is 54.7 Å². The van der Waals surface area contributed by atoms with Crippen LogP contribution >= 0.6 is 0 Å². The molecule has 0 aliphatic heterocycles. The number of halogens is 1. The first-order chi connectivity index (χ1) is 9.49. The fourth-order valence-corrected chi connectivity index (χ4v) is 2.23. The van der Waals surface area contributed by atoms with Crippen LogP contribution in [0.5, 0.6) is 0 Å². The monoisotopic (exact) mass is 272 g/mol. The second-order valence-electron chi connectivity index (χ2n) is 4.96. The average Bonchev–Trinajstić information content (AvgIpc) is 2.41. The van der Waals surface area contributed by atoms with Gasteiger partial charge in [-0.2, -0.15) is 0 Å². The highest BCUT2D eigenvalue weighted by Gasteiger charge is 2.10. The van der Waals surface area contributed by atoms with Crippen molar-refractivity contribution < 1.29 is 14.3 Å². The van der Waals surface area contributed by atoms with Gasteiger partial charge in [-0.15, -0.1) is 0 Å². The van der Waals surface area contributed by atoms with Crippen molar-refractivity contribution in [2.45, 2.75) is 26.7 Å². The second-order valence-corrected chi connectivity index (χ2v) is 4.96. The zero-order chi connectivity index (χ0) is 14.7. The Morgan fingerprint density at radius 2 is 1.90 bits per heavy atom. The highest BCUT2D eigenvalue weighted by atomic mass is 19.1. The first-order valence-corrected chi connectivity index (χ1v) is 6.56. The number of rotatable bonds is 4. The van der Waals surface area contributed by atoms with Gasteiger partial charge >= 0.3 is 5.97 Å². The summed E-state index contributed by atoms with van der Waals surface area (Å²) in [7, 11) is 0. The summed E-state index contributed by atoms with van der Waals surface area (Å²) in [5.74, 6) is -1.12. The van der Waals surface area contributed by atoms with Crippen molar-refractivity contribution in [2.24, 2.45) is 0 Å².